The van der Waals surface area contributed by atoms with Crippen molar-refractivity contribution >= 4 is 12.0 Å². The van der Waals surface area contributed by atoms with Gasteiger partial charge in [-0.3, -0.25) is 0 Å². The van der Waals surface area contributed by atoms with Gasteiger partial charge in [-0.05, 0) is 11.8 Å². The van der Waals surface area contributed by atoms with Crippen molar-refractivity contribution in [1.29, 1.82) is 0 Å². The van der Waals surface area contributed by atoms with E-state index in [4.69, 9.17) is 5.11 Å². The highest BCUT2D eigenvalue weighted by atomic mass is 19.4. The number of nitrogens with one attached hydrogen (secondary N) is 2. The molecule has 2 amide bonds. The van der Waals surface area contributed by atoms with Gasteiger partial charge in [0.1, 0.15) is 6.04 Å². The summed E-state index contributed by atoms with van der Waals surface area (Å²) >= 11 is 0. The number of carbonyl (C=O) groups is 2. The normalized spacial score (nSPS) is 13.8. The average molecular weight is 284 g/mol. The first-order valence-electron chi connectivity index (χ1n) is 5.77. The molecule has 0 aromatic carbocycles. The number of aliphatic carboxylic acids is 1. The molecule has 0 aliphatic heterocycles. The fourth-order valence-electron chi connectivity index (χ4n) is 1.32. The molecule has 0 aliphatic carbocycles. The summed E-state index contributed by atoms with van der Waals surface area (Å²) in [7, 11) is 0. The third-order valence-electron chi connectivity index (χ3n) is 2.31. The molecule has 0 bridgehead atoms. The van der Waals surface area contributed by atoms with Gasteiger partial charge < -0.3 is 15.7 Å². The molecule has 8 heteroatoms. The third-order valence-corrected chi connectivity index (χ3v) is 2.31. The molecular formula is C11H19F3N2O3. The first kappa shape index (κ1) is 17.5. The average Bonchev–Trinajstić information content (AvgIpc) is 2.17. The molecule has 112 valence electrons. The molecule has 0 aromatic rings. The second kappa shape index (κ2) is 6.63. The largest absolute Gasteiger partial charge is 0.480 e. The van der Waals surface area contributed by atoms with E-state index in [-0.39, 0.29) is 13.0 Å². The number of carboxylic acids is 1. The summed E-state index contributed by atoms with van der Waals surface area (Å²) in [4.78, 5) is 22.3. The van der Waals surface area contributed by atoms with Crippen LogP contribution >= 0.6 is 0 Å². The minimum absolute atomic E-state index is 0.165. The summed E-state index contributed by atoms with van der Waals surface area (Å²) in [5.74, 6) is -1.20. The van der Waals surface area contributed by atoms with E-state index in [0.29, 0.717) is 0 Å². The molecule has 0 heterocycles. The maximum atomic E-state index is 11.8. The number of carbonyl (C=O) groups excluding carboxylic acids is 1. The molecule has 19 heavy (non-hydrogen) atoms. The Morgan fingerprint density at radius 2 is 1.74 bits per heavy atom. The van der Waals surface area contributed by atoms with Crippen LogP contribution in [-0.2, 0) is 4.79 Å². The van der Waals surface area contributed by atoms with Gasteiger partial charge in [-0.2, -0.15) is 13.2 Å². The molecule has 0 saturated heterocycles. The molecule has 0 aliphatic rings. The van der Waals surface area contributed by atoms with Crippen molar-refractivity contribution < 1.29 is 27.9 Å². The maximum Gasteiger partial charge on any atom is 0.389 e. The highest BCUT2D eigenvalue weighted by Gasteiger charge is 2.32. The van der Waals surface area contributed by atoms with Gasteiger partial charge in [0.15, 0.2) is 0 Å². The van der Waals surface area contributed by atoms with Gasteiger partial charge in [-0.1, -0.05) is 20.8 Å². The minimum Gasteiger partial charge on any atom is -0.480 e. The van der Waals surface area contributed by atoms with E-state index in [1.807, 2.05) is 0 Å². The lowest BCUT2D eigenvalue weighted by Gasteiger charge is -2.27. The molecule has 0 spiro atoms. The van der Waals surface area contributed by atoms with E-state index in [9.17, 15) is 22.8 Å². The fraction of sp³-hybridized carbons (Fsp3) is 0.818. The minimum atomic E-state index is -4.26. The van der Waals surface area contributed by atoms with Crippen molar-refractivity contribution in [2.45, 2.75) is 45.8 Å². The van der Waals surface area contributed by atoms with Crippen molar-refractivity contribution in [3.63, 3.8) is 0 Å². The summed E-state index contributed by atoms with van der Waals surface area (Å²) < 4.78 is 35.5. The van der Waals surface area contributed by atoms with Crippen LogP contribution in [0.3, 0.4) is 0 Å². The summed E-state index contributed by atoms with van der Waals surface area (Å²) in [5.41, 5.74) is -0.699. The van der Waals surface area contributed by atoms with Crippen molar-refractivity contribution in [3.8, 4) is 0 Å². The Morgan fingerprint density at radius 1 is 1.21 bits per heavy atom. The van der Waals surface area contributed by atoms with E-state index in [0.717, 1.165) is 0 Å². The topological polar surface area (TPSA) is 78.4 Å². The van der Waals surface area contributed by atoms with E-state index < -0.39 is 36.1 Å². The maximum absolute atomic E-state index is 11.8. The van der Waals surface area contributed by atoms with Crippen LogP contribution in [0.15, 0.2) is 0 Å². The van der Waals surface area contributed by atoms with Gasteiger partial charge in [0, 0.05) is 13.0 Å². The summed E-state index contributed by atoms with van der Waals surface area (Å²) in [6.45, 7) is 4.74. The lowest BCUT2D eigenvalue weighted by molar-refractivity contribution is -0.141. The standard InChI is InChI=1S/C11H19F3N2O3/c1-10(2,3)7(8(17)18)16-9(19)15-6-4-5-11(12,13)14/h7H,4-6H2,1-3H3,(H,17,18)(H2,15,16,19)/t7-/m1/s1. The van der Waals surface area contributed by atoms with Gasteiger partial charge in [0.25, 0.3) is 0 Å². The molecule has 0 aromatic heterocycles. The molecule has 0 saturated carbocycles. The first-order valence-corrected chi connectivity index (χ1v) is 5.77. The second-order valence-corrected chi connectivity index (χ2v) is 5.26. The number of rotatable bonds is 5. The molecular weight excluding hydrogens is 265 g/mol. The van der Waals surface area contributed by atoms with Crippen LogP contribution in [0.4, 0.5) is 18.0 Å². The predicted octanol–water partition coefficient (Wildman–Crippen LogP) is 2.13. The Labute approximate surface area is 109 Å². The summed E-state index contributed by atoms with van der Waals surface area (Å²) in [6, 6.07) is -1.90. The van der Waals surface area contributed by atoms with Crippen molar-refractivity contribution in [3.05, 3.63) is 0 Å². The van der Waals surface area contributed by atoms with Crippen LogP contribution in [0, 0.1) is 5.41 Å². The SMILES string of the molecule is CC(C)(C)[C@H](NC(=O)NCCCC(F)(F)F)C(=O)O. The monoisotopic (exact) mass is 284 g/mol. The van der Waals surface area contributed by atoms with Gasteiger partial charge in [0.2, 0.25) is 0 Å². The molecule has 0 fully saturated rings. The molecule has 5 nitrogen and oxygen atoms in total. The number of hydrogen-bond donors (Lipinski definition) is 3. The zero-order valence-electron chi connectivity index (χ0n) is 11.1. The molecule has 3 N–H and O–H groups in total. The highest BCUT2D eigenvalue weighted by molar-refractivity contribution is 5.83. The van der Waals surface area contributed by atoms with Crippen LogP contribution in [0.5, 0.6) is 0 Å². The van der Waals surface area contributed by atoms with Crippen molar-refractivity contribution in [2.24, 2.45) is 5.41 Å². The Bertz CT molecular complexity index is 324. The van der Waals surface area contributed by atoms with Gasteiger partial charge >= 0.3 is 18.2 Å². The zero-order valence-corrected chi connectivity index (χ0v) is 11.1. The van der Waals surface area contributed by atoms with Crippen molar-refractivity contribution in [2.75, 3.05) is 6.54 Å². The van der Waals surface area contributed by atoms with Crippen LogP contribution < -0.4 is 10.6 Å². The third kappa shape index (κ3) is 8.28. The van der Waals surface area contributed by atoms with E-state index in [2.05, 4.69) is 10.6 Å². The Morgan fingerprint density at radius 3 is 2.11 bits per heavy atom. The molecule has 0 rings (SSSR count). The van der Waals surface area contributed by atoms with E-state index in [1.54, 1.807) is 20.8 Å². The lowest BCUT2D eigenvalue weighted by Crippen LogP contribution is -2.52. The van der Waals surface area contributed by atoms with Crippen LogP contribution in [0.25, 0.3) is 0 Å². The smallest absolute Gasteiger partial charge is 0.389 e. The number of carboxylic acid groups (broad SMARTS) is 1. The van der Waals surface area contributed by atoms with Crippen LogP contribution in [-0.4, -0.2) is 35.9 Å². The van der Waals surface area contributed by atoms with Gasteiger partial charge in [0.05, 0.1) is 0 Å². The zero-order chi connectivity index (χ0) is 15.3. The second-order valence-electron chi connectivity index (χ2n) is 5.26. The van der Waals surface area contributed by atoms with E-state index in [1.165, 1.54) is 0 Å². The number of amides is 2. The molecule has 0 radical (unpaired) electrons. The number of halogens is 3. The van der Waals surface area contributed by atoms with Gasteiger partial charge in [-0.25, -0.2) is 9.59 Å². The Kier molecular flexibility index (Phi) is 6.11. The number of hydrogen-bond acceptors (Lipinski definition) is 2. The van der Waals surface area contributed by atoms with Crippen LogP contribution in [0.2, 0.25) is 0 Å². The highest BCUT2D eigenvalue weighted by Crippen LogP contribution is 2.21. The summed E-state index contributed by atoms with van der Waals surface area (Å²) in [6.07, 6.45) is -5.49. The summed E-state index contributed by atoms with van der Waals surface area (Å²) in [5, 5.41) is 13.4. The van der Waals surface area contributed by atoms with Crippen LogP contribution in [0.1, 0.15) is 33.6 Å². The quantitative estimate of drug-likeness (QED) is 0.677. The lowest BCUT2D eigenvalue weighted by atomic mass is 9.87. The van der Waals surface area contributed by atoms with E-state index >= 15 is 0 Å². The molecule has 0 unspecified atom stereocenters. The van der Waals surface area contributed by atoms with Crippen molar-refractivity contribution in [1.82, 2.24) is 10.6 Å². The molecule has 1 atom stereocenters. The first-order chi connectivity index (χ1) is 8.43. The van der Waals surface area contributed by atoms with Gasteiger partial charge in [-0.15, -0.1) is 0 Å². The Balaban J connectivity index is 4.13. The number of urea groups is 1. The number of alkyl halides is 3. The Hall–Kier alpha value is -1.47. The predicted molar refractivity (Wildman–Crippen MR) is 62.7 cm³/mol. The fourth-order valence-corrected chi connectivity index (χ4v) is 1.32.